The molecule has 0 saturated heterocycles. The molecule has 0 aliphatic carbocycles. The second-order valence-electron chi connectivity index (χ2n) is 11.1. The first-order valence-electron chi connectivity index (χ1n) is 14.4. The van der Waals surface area contributed by atoms with E-state index in [9.17, 15) is 0 Å². The quantitative estimate of drug-likeness (QED) is 0.218. The highest BCUT2D eigenvalue weighted by atomic mass is 15.0. The Bertz CT molecular complexity index is 2180. The summed E-state index contributed by atoms with van der Waals surface area (Å²) in [5, 5.41) is 2.59. The van der Waals surface area contributed by atoms with E-state index in [1.54, 1.807) is 0 Å². The third kappa shape index (κ3) is 3.93. The number of aromatic nitrogens is 3. The Balaban J connectivity index is 1.24. The fourth-order valence-corrected chi connectivity index (χ4v) is 6.23. The van der Waals surface area contributed by atoms with E-state index in [0.717, 1.165) is 39.4 Å². The lowest BCUT2D eigenvalue weighted by molar-refractivity contribution is 1.18. The first kappa shape index (κ1) is 24.4. The highest BCUT2D eigenvalue weighted by Crippen LogP contribution is 2.36. The summed E-state index contributed by atoms with van der Waals surface area (Å²) in [4.78, 5) is 5.14. The molecule has 200 valence electrons. The van der Waals surface area contributed by atoms with Gasteiger partial charge in [-0.3, -0.25) is 4.40 Å². The van der Waals surface area contributed by atoms with Gasteiger partial charge in [-0.25, -0.2) is 4.98 Å². The maximum absolute atomic E-state index is 5.14. The Morgan fingerprint density at radius 1 is 0.500 bits per heavy atom. The van der Waals surface area contributed by atoms with Crippen molar-refractivity contribution in [3.8, 4) is 39.3 Å². The molecule has 8 rings (SSSR count). The van der Waals surface area contributed by atoms with Crippen LogP contribution in [-0.4, -0.2) is 14.0 Å². The molecular formula is C39H29N3. The van der Waals surface area contributed by atoms with Gasteiger partial charge in [0.1, 0.15) is 5.65 Å². The van der Waals surface area contributed by atoms with Crippen molar-refractivity contribution in [3.05, 3.63) is 151 Å². The number of fused-ring (bicyclic) bond motifs is 4. The molecule has 0 N–H and O–H groups in total. The number of imidazole rings is 1. The summed E-state index contributed by atoms with van der Waals surface area (Å²) in [7, 11) is 0. The highest BCUT2D eigenvalue weighted by molar-refractivity contribution is 6.09. The Morgan fingerprint density at radius 2 is 1.10 bits per heavy atom. The second-order valence-corrected chi connectivity index (χ2v) is 11.1. The summed E-state index contributed by atoms with van der Waals surface area (Å²) in [6.45, 7) is 4.32. The van der Waals surface area contributed by atoms with Crippen molar-refractivity contribution in [2.45, 2.75) is 13.8 Å². The summed E-state index contributed by atoms with van der Waals surface area (Å²) in [6, 6.07) is 47.8. The van der Waals surface area contributed by atoms with Gasteiger partial charge in [-0.2, -0.15) is 0 Å². The molecule has 5 aromatic carbocycles. The minimum atomic E-state index is 0.933. The fourth-order valence-electron chi connectivity index (χ4n) is 6.23. The SMILES string of the molecule is Cc1ccc2c(c1)c1cc(C)ccc1n2-c1ccc(-c2ccn3c(-c4ccccc4)c(-c4ccccc4)nc3c2)cc1. The van der Waals surface area contributed by atoms with Crippen LogP contribution in [0, 0.1) is 13.8 Å². The number of nitrogens with zero attached hydrogens (tertiary/aromatic N) is 3. The van der Waals surface area contributed by atoms with E-state index < -0.39 is 0 Å². The zero-order chi connectivity index (χ0) is 28.2. The molecule has 3 aromatic heterocycles. The van der Waals surface area contributed by atoms with E-state index >= 15 is 0 Å². The van der Waals surface area contributed by atoms with Crippen LogP contribution >= 0.6 is 0 Å². The lowest BCUT2D eigenvalue weighted by Gasteiger charge is -2.10. The normalized spacial score (nSPS) is 11.6. The zero-order valence-corrected chi connectivity index (χ0v) is 23.6. The van der Waals surface area contributed by atoms with Crippen LogP contribution < -0.4 is 0 Å². The molecule has 3 heteroatoms. The summed E-state index contributed by atoms with van der Waals surface area (Å²) < 4.78 is 4.58. The molecule has 0 bridgehead atoms. The van der Waals surface area contributed by atoms with Crippen LogP contribution in [0.2, 0.25) is 0 Å². The Kier molecular flexibility index (Phi) is 5.58. The molecule has 42 heavy (non-hydrogen) atoms. The van der Waals surface area contributed by atoms with Gasteiger partial charge in [0.25, 0.3) is 0 Å². The van der Waals surface area contributed by atoms with Crippen molar-refractivity contribution in [2.24, 2.45) is 0 Å². The van der Waals surface area contributed by atoms with Crippen molar-refractivity contribution < 1.29 is 0 Å². The molecule has 0 fully saturated rings. The predicted molar refractivity (Wildman–Crippen MR) is 175 cm³/mol. The minimum Gasteiger partial charge on any atom is -0.309 e. The van der Waals surface area contributed by atoms with E-state index in [1.165, 1.54) is 38.5 Å². The Labute approximate surface area is 245 Å². The molecule has 0 saturated carbocycles. The van der Waals surface area contributed by atoms with Crippen molar-refractivity contribution in [1.29, 1.82) is 0 Å². The molecular weight excluding hydrogens is 510 g/mol. The number of aryl methyl sites for hydroxylation is 2. The topological polar surface area (TPSA) is 22.2 Å². The van der Waals surface area contributed by atoms with E-state index in [4.69, 9.17) is 4.98 Å². The second kappa shape index (κ2) is 9.60. The van der Waals surface area contributed by atoms with Crippen LogP contribution in [0.3, 0.4) is 0 Å². The van der Waals surface area contributed by atoms with Gasteiger partial charge in [0.05, 0.1) is 22.4 Å². The van der Waals surface area contributed by atoms with Gasteiger partial charge in [-0.05, 0) is 73.5 Å². The van der Waals surface area contributed by atoms with Gasteiger partial charge in [0, 0.05) is 33.8 Å². The average molecular weight is 540 g/mol. The standard InChI is InChI=1S/C39H29N3/c1-26-13-19-35-33(23-26)34-24-27(2)14-20-36(34)42(35)32-17-15-28(16-18-32)31-21-22-41-37(25-31)40-38(29-9-5-3-6-10-29)39(41)30-11-7-4-8-12-30/h3-25H,1-2H3. The number of hydrogen-bond acceptors (Lipinski definition) is 1. The van der Waals surface area contributed by atoms with Crippen LogP contribution in [0.25, 0.3) is 66.8 Å². The maximum atomic E-state index is 5.14. The highest BCUT2D eigenvalue weighted by Gasteiger charge is 2.17. The van der Waals surface area contributed by atoms with Gasteiger partial charge in [0.2, 0.25) is 0 Å². The summed E-state index contributed by atoms with van der Waals surface area (Å²) >= 11 is 0. The third-order valence-electron chi connectivity index (χ3n) is 8.26. The van der Waals surface area contributed by atoms with Gasteiger partial charge < -0.3 is 4.57 Å². The van der Waals surface area contributed by atoms with Gasteiger partial charge >= 0.3 is 0 Å². The van der Waals surface area contributed by atoms with Crippen LogP contribution in [0.4, 0.5) is 0 Å². The predicted octanol–water partition coefficient (Wildman–Crippen LogP) is 10.0. The molecule has 0 aliphatic heterocycles. The van der Waals surface area contributed by atoms with Gasteiger partial charge in [0.15, 0.2) is 0 Å². The maximum Gasteiger partial charge on any atom is 0.138 e. The van der Waals surface area contributed by atoms with E-state index in [-0.39, 0.29) is 0 Å². The van der Waals surface area contributed by atoms with Gasteiger partial charge in [-0.15, -0.1) is 0 Å². The monoisotopic (exact) mass is 539 g/mol. The number of rotatable bonds is 4. The number of benzene rings is 5. The average Bonchev–Trinajstić information content (AvgIpc) is 3.57. The third-order valence-corrected chi connectivity index (χ3v) is 8.26. The first-order chi connectivity index (χ1) is 20.6. The number of pyridine rings is 1. The van der Waals surface area contributed by atoms with Gasteiger partial charge in [-0.1, -0.05) is 96.1 Å². The molecule has 0 unspecified atom stereocenters. The van der Waals surface area contributed by atoms with Crippen LogP contribution in [-0.2, 0) is 0 Å². The van der Waals surface area contributed by atoms with E-state index in [0.29, 0.717) is 0 Å². The fraction of sp³-hybridized carbons (Fsp3) is 0.0513. The molecule has 0 amide bonds. The lowest BCUT2D eigenvalue weighted by atomic mass is 10.0. The summed E-state index contributed by atoms with van der Waals surface area (Å²) in [5.41, 5.74) is 13.8. The Hall–Kier alpha value is -5.41. The number of hydrogen-bond donors (Lipinski definition) is 0. The first-order valence-corrected chi connectivity index (χ1v) is 14.4. The smallest absolute Gasteiger partial charge is 0.138 e. The lowest BCUT2D eigenvalue weighted by Crippen LogP contribution is -1.94. The molecule has 0 atom stereocenters. The molecule has 0 aliphatic rings. The zero-order valence-electron chi connectivity index (χ0n) is 23.6. The van der Waals surface area contributed by atoms with Crippen molar-refractivity contribution in [3.63, 3.8) is 0 Å². The van der Waals surface area contributed by atoms with E-state index in [1.807, 2.05) is 6.07 Å². The molecule has 8 aromatic rings. The van der Waals surface area contributed by atoms with E-state index in [2.05, 4.69) is 156 Å². The molecule has 0 spiro atoms. The molecule has 0 radical (unpaired) electrons. The van der Waals surface area contributed by atoms with Crippen molar-refractivity contribution in [1.82, 2.24) is 14.0 Å². The van der Waals surface area contributed by atoms with Crippen LogP contribution in [0.1, 0.15) is 11.1 Å². The molecule has 3 nitrogen and oxygen atoms in total. The van der Waals surface area contributed by atoms with Crippen LogP contribution in [0.5, 0.6) is 0 Å². The largest absolute Gasteiger partial charge is 0.309 e. The van der Waals surface area contributed by atoms with Crippen LogP contribution in [0.15, 0.2) is 140 Å². The summed E-state index contributed by atoms with van der Waals surface area (Å²) in [5.74, 6) is 0. The Morgan fingerprint density at radius 3 is 1.71 bits per heavy atom. The van der Waals surface area contributed by atoms with Crippen molar-refractivity contribution >= 4 is 27.5 Å². The molecule has 3 heterocycles. The van der Waals surface area contributed by atoms with Crippen molar-refractivity contribution in [2.75, 3.05) is 0 Å². The minimum absolute atomic E-state index is 0.933. The summed E-state index contributed by atoms with van der Waals surface area (Å²) in [6.07, 6.45) is 2.15.